The van der Waals surface area contributed by atoms with Crippen molar-refractivity contribution >= 4 is 45.5 Å². The first-order valence-corrected chi connectivity index (χ1v) is 7.47. The number of rotatable bonds is 4. The Kier molecular flexibility index (Phi) is 6.14. The van der Waals surface area contributed by atoms with Gasteiger partial charge in [0.25, 0.3) is 10.1 Å². The number of methoxy groups -OCH3 is 1. The summed E-state index contributed by atoms with van der Waals surface area (Å²) in [6.45, 7) is 0. The number of allylic oxidation sites excluding steroid dienone is 1. The molecule has 0 radical (unpaired) electrons. The summed E-state index contributed by atoms with van der Waals surface area (Å²) >= 11 is 0. The SMILES string of the molecule is COC1=CC(O)(S(=O)(=O)O)C(C(=O)c2ccccc2)C=C1.[NaH]. The first-order valence-electron chi connectivity index (χ1n) is 6.03. The topological polar surface area (TPSA) is 101 Å². The molecule has 0 aliphatic heterocycles. The van der Waals surface area contributed by atoms with Crippen molar-refractivity contribution in [1.29, 1.82) is 0 Å². The molecule has 1 aromatic carbocycles. The van der Waals surface area contributed by atoms with Crippen molar-refractivity contribution < 1.29 is 27.6 Å². The molecule has 1 aliphatic rings. The van der Waals surface area contributed by atoms with E-state index in [1.54, 1.807) is 18.2 Å². The molecule has 0 spiro atoms. The second-order valence-corrected chi connectivity index (χ2v) is 6.15. The van der Waals surface area contributed by atoms with E-state index in [2.05, 4.69) is 0 Å². The van der Waals surface area contributed by atoms with Gasteiger partial charge in [0.05, 0.1) is 13.0 Å². The van der Waals surface area contributed by atoms with E-state index in [1.165, 1.54) is 31.4 Å². The van der Waals surface area contributed by atoms with Crippen molar-refractivity contribution in [2.75, 3.05) is 7.11 Å². The molecule has 2 atom stereocenters. The summed E-state index contributed by atoms with van der Waals surface area (Å²) in [7, 11) is -3.67. The summed E-state index contributed by atoms with van der Waals surface area (Å²) in [6, 6.07) is 7.92. The molecule has 6 nitrogen and oxygen atoms in total. The van der Waals surface area contributed by atoms with Crippen LogP contribution in [0.15, 0.2) is 54.3 Å². The van der Waals surface area contributed by atoms with E-state index in [-0.39, 0.29) is 40.9 Å². The fourth-order valence-electron chi connectivity index (χ4n) is 2.09. The van der Waals surface area contributed by atoms with Crippen LogP contribution < -0.4 is 0 Å². The molecule has 0 bridgehead atoms. The summed E-state index contributed by atoms with van der Waals surface area (Å²) < 4.78 is 37.2. The minimum atomic E-state index is -4.94. The third-order valence-electron chi connectivity index (χ3n) is 3.24. The van der Waals surface area contributed by atoms with Crippen LogP contribution in [0.2, 0.25) is 0 Å². The Morgan fingerprint density at radius 2 is 1.86 bits per heavy atom. The van der Waals surface area contributed by atoms with Gasteiger partial charge in [-0.2, -0.15) is 8.42 Å². The van der Waals surface area contributed by atoms with Crippen molar-refractivity contribution in [2.24, 2.45) is 5.92 Å². The molecule has 22 heavy (non-hydrogen) atoms. The van der Waals surface area contributed by atoms with Crippen LogP contribution in [0.1, 0.15) is 10.4 Å². The molecule has 0 saturated heterocycles. The molecule has 1 aliphatic carbocycles. The third kappa shape index (κ3) is 3.51. The normalized spacial score (nSPS) is 24.1. The zero-order valence-corrected chi connectivity index (χ0v) is 11.9. The first kappa shape index (κ1) is 19.1. The number of benzene rings is 1. The molecule has 0 fully saturated rings. The minimum absolute atomic E-state index is 0. The van der Waals surface area contributed by atoms with Gasteiger partial charge in [-0.15, -0.1) is 0 Å². The molecule has 0 heterocycles. The van der Waals surface area contributed by atoms with Crippen molar-refractivity contribution in [3.05, 3.63) is 59.9 Å². The van der Waals surface area contributed by atoms with Gasteiger partial charge in [0.1, 0.15) is 5.76 Å². The van der Waals surface area contributed by atoms with E-state index in [9.17, 15) is 22.9 Å². The maximum atomic E-state index is 12.4. The van der Waals surface area contributed by atoms with Gasteiger partial charge in [0.2, 0.25) is 4.93 Å². The molecule has 8 heteroatoms. The zero-order chi connectivity index (χ0) is 15.7. The van der Waals surface area contributed by atoms with E-state index in [4.69, 9.17) is 4.74 Å². The molecular formula is C14H15NaO6S. The summed E-state index contributed by atoms with van der Waals surface area (Å²) in [4.78, 5) is 9.64. The second-order valence-electron chi connectivity index (χ2n) is 4.54. The Morgan fingerprint density at radius 1 is 1.27 bits per heavy atom. The van der Waals surface area contributed by atoms with Crippen LogP contribution in [0, 0.1) is 5.92 Å². The van der Waals surface area contributed by atoms with Crippen molar-refractivity contribution in [3.63, 3.8) is 0 Å². The van der Waals surface area contributed by atoms with Crippen LogP contribution in [0.25, 0.3) is 0 Å². The Labute approximate surface area is 150 Å². The van der Waals surface area contributed by atoms with E-state index in [1.807, 2.05) is 0 Å². The van der Waals surface area contributed by atoms with E-state index < -0.39 is 26.8 Å². The summed E-state index contributed by atoms with van der Waals surface area (Å²) in [5, 5.41) is 10.3. The average molecular weight is 334 g/mol. The number of hydrogen-bond acceptors (Lipinski definition) is 5. The van der Waals surface area contributed by atoms with Crippen molar-refractivity contribution in [2.45, 2.75) is 4.93 Å². The zero-order valence-electron chi connectivity index (χ0n) is 11.1. The summed E-state index contributed by atoms with van der Waals surface area (Å²) in [5.41, 5.74) is 0.225. The molecule has 2 unspecified atom stereocenters. The number of carbonyl (C=O) groups excluding carboxylic acids is 1. The molecule has 1 aromatic rings. The fraction of sp³-hybridized carbons (Fsp3) is 0.214. The number of carbonyl (C=O) groups is 1. The van der Waals surface area contributed by atoms with Gasteiger partial charge < -0.3 is 9.84 Å². The molecule has 2 rings (SSSR count). The average Bonchev–Trinajstić information content (AvgIpc) is 2.46. The third-order valence-corrected chi connectivity index (χ3v) is 4.44. The first-order chi connectivity index (χ1) is 9.79. The Balaban J connectivity index is 0.00000242. The van der Waals surface area contributed by atoms with Crippen LogP contribution in [0.4, 0.5) is 0 Å². The second kappa shape index (κ2) is 7.08. The number of aliphatic hydroxyl groups is 1. The maximum absolute atomic E-state index is 12.4. The monoisotopic (exact) mass is 334 g/mol. The van der Waals surface area contributed by atoms with Crippen LogP contribution in [-0.2, 0) is 14.9 Å². The van der Waals surface area contributed by atoms with Crippen molar-refractivity contribution in [3.8, 4) is 0 Å². The van der Waals surface area contributed by atoms with Gasteiger partial charge in [0.15, 0.2) is 5.78 Å². The molecule has 0 saturated carbocycles. The number of Topliss-reactive ketones (excluding diaryl/α,β-unsaturated/α-hetero) is 1. The van der Waals surface area contributed by atoms with Gasteiger partial charge >= 0.3 is 29.6 Å². The fourth-order valence-corrected chi connectivity index (χ4v) is 2.86. The Bertz CT molecular complexity index is 710. The quantitative estimate of drug-likeness (QED) is 0.473. The summed E-state index contributed by atoms with van der Waals surface area (Å²) in [6.07, 6.45) is 3.38. The van der Waals surface area contributed by atoms with Gasteiger partial charge in [-0.3, -0.25) is 9.35 Å². The van der Waals surface area contributed by atoms with Crippen LogP contribution >= 0.6 is 0 Å². The van der Waals surface area contributed by atoms with Gasteiger partial charge in [-0.1, -0.05) is 36.4 Å². The van der Waals surface area contributed by atoms with E-state index >= 15 is 0 Å². The number of ether oxygens (including phenoxy) is 1. The molecule has 0 aromatic heterocycles. The Hall–Kier alpha value is -0.960. The van der Waals surface area contributed by atoms with Gasteiger partial charge in [-0.05, 0) is 6.08 Å². The molecule has 2 N–H and O–H groups in total. The van der Waals surface area contributed by atoms with E-state index in [0.717, 1.165) is 6.08 Å². The van der Waals surface area contributed by atoms with Crippen LogP contribution in [-0.4, -0.2) is 65.5 Å². The van der Waals surface area contributed by atoms with E-state index in [0.29, 0.717) is 0 Å². The number of hydrogen-bond donors (Lipinski definition) is 2. The predicted octanol–water partition coefficient (Wildman–Crippen LogP) is 0.514. The van der Waals surface area contributed by atoms with Crippen molar-refractivity contribution in [1.82, 2.24) is 0 Å². The Morgan fingerprint density at radius 3 is 2.36 bits per heavy atom. The predicted molar refractivity (Wildman–Crippen MR) is 82.1 cm³/mol. The van der Waals surface area contributed by atoms with Gasteiger partial charge in [-0.25, -0.2) is 0 Å². The molecule has 114 valence electrons. The number of ketones is 1. The molecular weight excluding hydrogens is 319 g/mol. The van der Waals surface area contributed by atoms with Crippen LogP contribution in [0.5, 0.6) is 0 Å². The molecule has 0 amide bonds. The van der Waals surface area contributed by atoms with Gasteiger partial charge in [0, 0.05) is 11.6 Å². The summed E-state index contributed by atoms with van der Waals surface area (Å²) in [5.74, 6) is -2.06. The standard InChI is InChI=1S/C14H14O6S.Na.H/c1-20-11-7-8-12(14(16,9-11)21(17,18)19)13(15)10-5-3-2-4-6-10;;/h2-9,12,16H,1H3,(H,17,18,19);;. The van der Waals surface area contributed by atoms with Crippen LogP contribution in [0.3, 0.4) is 0 Å².